The summed E-state index contributed by atoms with van der Waals surface area (Å²) in [4.78, 5) is 47.8. The second-order valence-electron chi connectivity index (χ2n) is 5.88. The third kappa shape index (κ3) is 6.88. The van der Waals surface area contributed by atoms with E-state index in [1.165, 1.54) is 24.8 Å². The van der Waals surface area contributed by atoms with Crippen LogP contribution in [0.1, 0.15) is 44.0 Å². The number of anilines is 1. The maximum Gasteiger partial charge on any atom is 0.305 e. The van der Waals surface area contributed by atoms with Crippen LogP contribution >= 0.6 is 0 Å². The second-order valence-corrected chi connectivity index (χ2v) is 5.88. The lowest BCUT2D eigenvalue weighted by Crippen LogP contribution is -2.33. The third-order valence-electron chi connectivity index (χ3n) is 3.65. The van der Waals surface area contributed by atoms with Crippen LogP contribution in [0.5, 0.6) is 0 Å². The minimum atomic E-state index is -0.980. The van der Waals surface area contributed by atoms with Crippen LogP contribution in [-0.2, 0) is 14.4 Å². The molecule has 7 nitrogen and oxygen atoms in total. The Bertz CT molecular complexity index is 707. The van der Waals surface area contributed by atoms with E-state index < -0.39 is 17.8 Å². The van der Waals surface area contributed by atoms with Crippen LogP contribution in [0.4, 0.5) is 5.69 Å². The average Bonchev–Trinajstić information content (AvgIpc) is 2.58. The molecule has 0 fully saturated rings. The number of nitrogens with one attached hydrogen (secondary N) is 1. The van der Waals surface area contributed by atoms with Crippen LogP contribution in [-0.4, -0.2) is 46.7 Å². The first kappa shape index (κ1) is 21.1. The fourth-order valence-electron chi connectivity index (χ4n) is 2.19. The van der Waals surface area contributed by atoms with Gasteiger partial charge < -0.3 is 15.3 Å². The lowest BCUT2D eigenvalue weighted by Gasteiger charge is -2.19. The van der Waals surface area contributed by atoms with E-state index in [1.54, 1.807) is 24.3 Å². The Morgan fingerprint density at radius 2 is 1.69 bits per heavy atom. The van der Waals surface area contributed by atoms with Gasteiger partial charge >= 0.3 is 5.97 Å². The van der Waals surface area contributed by atoms with Gasteiger partial charge in [0.05, 0.1) is 6.42 Å². The van der Waals surface area contributed by atoms with Crippen molar-refractivity contribution < 1.29 is 24.3 Å². The van der Waals surface area contributed by atoms with E-state index >= 15 is 0 Å². The Morgan fingerprint density at radius 1 is 1.08 bits per heavy atom. The highest BCUT2D eigenvalue weighted by Crippen LogP contribution is 2.11. The number of hydrogen-bond donors (Lipinski definition) is 2. The van der Waals surface area contributed by atoms with Crippen molar-refractivity contribution in [3.05, 3.63) is 41.5 Å². The van der Waals surface area contributed by atoms with Crippen molar-refractivity contribution in [3.63, 3.8) is 0 Å². The maximum atomic E-state index is 12.3. The number of ketones is 1. The lowest BCUT2D eigenvalue weighted by atomic mass is 10.1. The molecule has 0 aromatic heterocycles. The highest BCUT2D eigenvalue weighted by molar-refractivity contribution is 6.07. The monoisotopic (exact) mass is 360 g/mol. The summed E-state index contributed by atoms with van der Waals surface area (Å²) in [5.74, 6) is -1.88. The molecule has 0 aliphatic rings. The van der Waals surface area contributed by atoms with Gasteiger partial charge in [0.25, 0.3) is 5.91 Å². The molecular weight excluding hydrogens is 336 g/mol. The Kier molecular flexibility index (Phi) is 8.21. The molecule has 1 rings (SSSR count). The number of Topliss-reactive ketones (excluding diaryl/α,β-unsaturated/α-hetero) is 1. The Morgan fingerprint density at radius 3 is 2.19 bits per heavy atom. The first-order valence-corrected chi connectivity index (χ1v) is 8.36. The summed E-state index contributed by atoms with van der Waals surface area (Å²) in [6, 6.07) is 6.44. The van der Waals surface area contributed by atoms with Crippen molar-refractivity contribution in [2.75, 3.05) is 18.4 Å². The Hall–Kier alpha value is -2.96. The number of carboxylic acids is 1. The summed E-state index contributed by atoms with van der Waals surface area (Å²) < 4.78 is 0. The van der Waals surface area contributed by atoms with Crippen molar-refractivity contribution in [1.82, 2.24) is 4.90 Å². The van der Waals surface area contributed by atoms with Crippen molar-refractivity contribution >= 4 is 29.3 Å². The van der Waals surface area contributed by atoms with E-state index in [-0.39, 0.29) is 24.3 Å². The summed E-state index contributed by atoms with van der Waals surface area (Å²) in [6.45, 7) is 5.37. The first-order chi connectivity index (χ1) is 12.2. The van der Waals surface area contributed by atoms with Crippen molar-refractivity contribution in [2.45, 2.75) is 33.6 Å². The van der Waals surface area contributed by atoms with E-state index in [0.717, 1.165) is 0 Å². The molecule has 0 saturated heterocycles. The van der Waals surface area contributed by atoms with Gasteiger partial charge in [-0.05, 0) is 44.5 Å². The molecule has 1 aromatic rings. The van der Waals surface area contributed by atoms with Gasteiger partial charge in [0, 0.05) is 36.0 Å². The molecule has 0 radical (unpaired) electrons. The van der Waals surface area contributed by atoms with Crippen LogP contribution in [0.25, 0.3) is 0 Å². The largest absolute Gasteiger partial charge is 0.481 e. The first-order valence-electron chi connectivity index (χ1n) is 8.36. The van der Waals surface area contributed by atoms with Crippen LogP contribution < -0.4 is 5.32 Å². The molecule has 0 atom stereocenters. The SMILES string of the molecule is CCCN(CCC(=O)O)C(=O)/C=C(/C)C(=O)Nc1ccc(C(C)=O)cc1. The molecule has 140 valence electrons. The summed E-state index contributed by atoms with van der Waals surface area (Å²) in [5, 5.41) is 11.4. The quantitative estimate of drug-likeness (QED) is 0.520. The second kappa shape index (κ2) is 10.1. The van der Waals surface area contributed by atoms with E-state index in [0.29, 0.717) is 24.2 Å². The smallest absolute Gasteiger partial charge is 0.305 e. The number of rotatable bonds is 9. The van der Waals surface area contributed by atoms with Gasteiger partial charge in [-0.1, -0.05) is 6.92 Å². The molecule has 0 heterocycles. The van der Waals surface area contributed by atoms with Crippen LogP contribution in [0.3, 0.4) is 0 Å². The molecule has 0 unspecified atom stereocenters. The van der Waals surface area contributed by atoms with E-state index in [4.69, 9.17) is 5.11 Å². The number of benzene rings is 1. The predicted octanol–water partition coefficient (Wildman–Crippen LogP) is 2.49. The number of amides is 2. The van der Waals surface area contributed by atoms with Crippen molar-refractivity contribution in [3.8, 4) is 0 Å². The molecule has 26 heavy (non-hydrogen) atoms. The number of hydrogen-bond acceptors (Lipinski definition) is 4. The zero-order valence-electron chi connectivity index (χ0n) is 15.2. The summed E-state index contributed by atoms with van der Waals surface area (Å²) in [6.07, 6.45) is 1.75. The molecular formula is C19H24N2O5. The Labute approximate surface area is 152 Å². The molecule has 2 amide bonds. The van der Waals surface area contributed by atoms with E-state index in [1.807, 2.05) is 6.92 Å². The van der Waals surface area contributed by atoms with Crippen molar-refractivity contribution in [1.29, 1.82) is 0 Å². The molecule has 1 aromatic carbocycles. The Balaban J connectivity index is 2.75. The number of carbonyl (C=O) groups excluding carboxylic acids is 3. The van der Waals surface area contributed by atoms with Gasteiger partial charge in [-0.25, -0.2) is 0 Å². The highest BCUT2D eigenvalue weighted by atomic mass is 16.4. The van der Waals surface area contributed by atoms with Crippen molar-refractivity contribution in [2.24, 2.45) is 0 Å². The van der Waals surface area contributed by atoms with Crippen LogP contribution in [0, 0.1) is 0 Å². The van der Waals surface area contributed by atoms with Gasteiger partial charge in [-0.15, -0.1) is 0 Å². The molecule has 0 bridgehead atoms. The maximum absolute atomic E-state index is 12.3. The standard InChI is InChI=1S/C19H24N2O5/c1-4-10-21(11-9-18(24)25)17(23)12-13(2)19(26)20-16-7-5-15(6-8-16)14(3)22/h5-8,12H,4,9-11H2,1-3H3,(H,20,26)(H,24,25)/b13-12-. The number of carboxylic acid groups (broad SMARTS) is 1. The van der Waals surface area contributed by atoms with Gasteiger partial charge in [-0.2, -0.15) is 0 Å². The van der Waals surface area contributed by atoms with E-state index in [2.05, 4.69) is 5.32 Å². The minimum absolute atomic E-state index is 0.0677. The average molecular weight is 360 g/mol. The minimum Gasteiger partial charge on any atom is -0.481 e. The zero-order valence-corrected chi connectivity index (χ0v) is 15.2. The fraction of sp³-hybridized carbons (Fsp3) is 0.368. The highest BCUT2D eigenvalue weighted by Gasteiger charge is 2.14. The van der Waals surface area contributed by atoms with Gasteiger partial charge in [0.1, 0.15) is 0 Å². The lowest BCUT2D eigenvalue weighted by molar-refractivity contribution is -0.138. The predicted molar refractivity (Wildman–Crippen MR) is 98.0 cm³/mol. The summed E-state index contributed by atoms with van der Waals surface area (Å²) in [7, 11) is 0. The number of carbonyl (C=O) groups is 4. The normalized spacial score (nSPS) is 11.0. The van der Waals surface area contributed by atoms with Gasteiger partial charge in [-0.3, -0.25) is 19.2 Å². The molecule has 2 N–H and O–H groups in total. The zero-order chi connectivity index (χ0) is 19.7. The summed E-state index contributed by atoms with van der Waals surface area (Å²) >= 11 is 0. The summed E-state index contributed by atoms with van der Waals surface area (Å²) in [5.41, 5.74) is 1.26. The topological polar surface area (TPSA) is 104 Å². The van der Waals surface area contributed by atoms with Crippen LogP contribution in [0.2, 0.25) is 0 Å². The van der Waals surface area contributed by atoms with Crippen LogP contribution in [0.15, 0.2) is 35.9 Å². The van der Waals surface area contributed by atoms with Gasteiger partial charge in [0.15, 0.2) is 5.78 Å². The number of nitrogens with zero attached hydrogens (tertiary/aromatic N) is 1. The molecule has 0 spiro atoms. The number of aliphatic carboxylic acids is 1. The molecule has 0 aliphatic heterocycles. The van der Waals surface area contributed by atoms with Gasteiger partial charge in [0.2, 0.25) is 5.91 Å². The molecule has 7 heteroatoms. The third-order valence-corrected chi connectivity index (χ3v) is 3.65. The molecule has 0 aliphatic carbocycles. The van der Waals surface area contributed by atoms with E-state index in [9.17, 15) is 19.2 Å². The molecule has 0 saturated carbocycles. The fourth-order valence-corrected chi connectivity index (χ4v) is 2.19.